The van der Waals surface area contributed by atoms with Crippen molar-refractivity contribution in [1.82, 2.24) is 9.88 Å². The zero-order valence-corrected chi connectivity index (χ0v) is 12.2. The van der Waals surface area contributed by atoms with Crippen LogP contribution < -0.4 is 0 Å². The van der Waals surface area contributed by atoms with Crippen molar-refractivity contribution in [3.05, 3.63) is 16.1 Å². The van der Waals surface area contributed by atoms with Gasteiger partial charge in [0.05, 0.1) is 36.3 Å². The first kappa shape index (κ1) is 14.9. The maximum Gasteiger partial charge on any atom is 0.306 e. The third kappa shape index (κ3) is 4.01. The Balaban J connectivity index is 1.89. The first-order valence-corrected chi connectivity index (χ1v) is 7.51. The molecule has 6 nitrogen and oxygen atoms in total. The molecule has 0 aromatic carbocycles. The van der Waals surface area contributed by atoms with Gasteiger partial charge in [0.25, 0.3) is 0 Å². The number of aliphatic carboxylic acids is 1. The first-order valence-electron chi connectivity index (χ1n) is 6.63. The lowest BCUT2D eigenvalue weighted by molar-refractivity contribution is -0.147. The molecule has 1 aromatic rings. The highest BCUT2D eigenvalue weighted by atomic mass is 32.1. The number of carboxylic acid groups (broad SMARTS) is 1. The maximum atomic E-state index is 12.2. The zero-order chi connectivity index (χ0) is 14.5. The van der Waals surface area contributed by atoms with Gasteiger partial charge in [-0.3, -0.25) is 9.59 Å². The summed E-state index contributed by atoms with van der Waals surface area (Å²) in [7, 11) is 0. The SMILES string of the molecule is CCc1nc(CC(=O)N2CCOC(CC(=O)O)C2)cs1. The zero-order valence-electron chi connectivity index (χ0n) is 11.4. The number of aryl methyl sites for hydroxylation is 1. The summed E-state index contributed by atoms with van der Waals surface area (Å²) in [5.41, 5.74) is 0.790. The van der Waals surface area contributed by atoms with Gasteiger partial charge in [-0.2, -0.15) is 0 Å². The second-order valence-corrected chi connectivity index (χ2v) is 5.64. The number of rotatable bonds is 5. The Hall–Kier alpha value is -1.47. The molecule has 2 rings (SSSR count). The predicted molar refractivity (Wildman–Crippen MR) is 73.8 cm³/mol. The minimum Gasteiger partial charge on any atom is -0.481 e. The molecule has 1 aliphatic heterocycles. The van der Waals surface area contributed by atoms with Gasteiger partial charge in [0.2, 0.25) is 5.91 Å². The number of carboxylic acids is 1. The summed E-state index contributed by atoms with van der Waals surface area (Å²) >= 11 is 1.56. The van der Waals surface area contributed by atoms with E-state index in [0.717, 1.165) is 17.1 Å². The average Bonchev–Trinajstić information content (AvgIpc) is 2.86. The van der Waals surface area contributed by atoms with Crippen molar-refractivity contribution in [2.75, 3.05) is 19.7 Å². The van der Waals surface area contributed by atoms with Gasteiger partial charge >= 0.3 is 5.97 Å². The standard InChI is InChI=1S/C13H18N2O4S/c1-2-11-14-9(8-20-11)5-12(16)15-3-4-19-10(7-15)6-13(17)18/h8,10H,2-7H2,1H3,(H,17,18). The third-order valence-corrected chi connectivity index (χ3v) is 4.17. The maximum absolute atomic E-state index is 12.2. The van der Waals surface area contributed by atoms with Crippen LogP contribution in [-0.4, -0.2) is 52.7 Å². The van der Waals surface area contributed by atoms with Crippen molar-refractivity contribution in [3.8, 4) is 0 Å². The number of thiazole rings is 1. The van der Waals surface area contributed by atoms with E-state index < -0.39 is 12.1 Å². The molecule has 1 fully saturated rings. The Bertz CT molecular complexity index is 488. The monoisotopic (exact) mass is 298 g/mol. The van der Waals surface area contributed by atoms with Crippen molar-refractivity contribution in [3.63, 3.8) is 0 Å². The summed E-state index contributed by atoms with van der Waals surface area (Å²) in [6.45, 7) is 3.28. The number of nitrogens with zero attached hydrogens (tertiary/aromatic N) is 2. The van der Waals surface area contributed by atoms with Gasteiger partial charge in [-0.15, -0.1) is 11.3 Å². The lowest BCUT2D eigenvalue weighted by Gasteiger charge is -2.32. The molecule has 1 saturated heterocycles. The quantitative estimate of drug-likeness (QED) is 0.875. The second-order valence-electron chi connectivity index (χ2n) is 4.69. The molecule has 1 aromatic heterocycles. The van der Waals surface area contributed by atoms with E-state index >= 15 is 0 Å². The van der Waals surface area contributed by atoms with Gasteiger partial charge in [-0.05, 0) is 6.42 Å². The topological polar surface area (TPSA) is 79.7 Å². The molecule has 1 aliphatic rings. The minimum atomic E-state index is -0.906. The van der Waals surface area contributed by atoms with Crippen LogP contribution in [0, 0.1) is 0 Å². The number of morpholine rings is 1. The van der Waals surface area contributed by atoms with Crippen LogP contribution in [0.25, 0.3) is 0 Å². The highest BCUT2D eigenvalue weighted by Gasteiger charge is 2.26. The van der Waals surface area contributed by atoms with E-state index in [9.17, 15) is 9.59 Å². The fourth-order valence-electron chi connectivity index (χ4n) is 2.12. The smallest absolute Gasteiger partial charge is 0.306 e. The van der Waals surface area contributed by atoms with Crippen LogP contribution in [0.5, 0.6) is 0 Å². The van der Waals surface area contributed by atoms with Gasteiger partial charge in [0.1, 0.15) is 0 Å². The van der Waals surface area contributed by atoms with Crippen molar-refractivity contribution in [2.45, 2.75) is 32.3 Å². The Kier molecular flexibility index (Phi) is 5.08. The normalized spacial score (nSPS) is 19.1. The van der Waals surface area contributed by atoms with Crippen molar-refractivity contribution >= 4 is 23.2 Å². The Morgan fingerprint density at radius 2 is 2.40 bits per heavy atom. The number of carbonyl (C=O) groups is 2. The Morgan fingerprint density at radius 3 is 3.05 bits per heavy atom. The first-order chi connectivity index (χ1) is 9.58. The molecular formula is C13H18N2O4S. The fourth-order valence-corrected chi connectivity index (χ4v) is 2.87. The van der Waals surface area contributed by atoms with Crippen LogP contribution in [0.15, 0.2) is 5.38 Å². The van der Waals surface area contributed by atoms with Crippen LogP contribution in [0.1, 0.15) is 24.0 Å². The Morgan fingerprint density at radius 1 is 1.60 bits per heavy atom. The highest BCUT2D eigenvalue weighted by molar-refractivity contribution is 7.09. The van der Waals surface area contributed by atoms with Crippen LogP contribution in [0.3, 0.4) is 0 Å². The lowest BCUT2D eigenvalue weighted by atomic mass is 10.2. The van der Waals surface area contributed by atoms with Crippen molar-refractivity contribution in [2.24, 2.45) is 0 Å². The number of aromatic nitrogens is 1. The molecule has 0 aliphatic carbocycles. The Labute approximate surface area is 121 Å². The molecule has 0 bridgehead atoms. The van der Waals surface area contributed by atoms with E-state index in [0.29, 0.717) is 19.7 Å². The van der Waals surface area contributed by atoms with Gasteiger partial charge in [0, 0.05) is 18.5 Å². The van der Waals surface area contributed by atoms with Crippen LogP contribution in [0.2, 0.25) is 0 Å². The van der Waals surface area contributed by atoms with E-state index in [1.165, 1.54) is 0 Å². The molecule has 0 radical (unpaired) electrons. The van der Waals surface area contributed by atoms with Gasteiger partial charge in [-0.1, -0.05) is 6.92 Å². The van der Waals surface area contributed by atoms with Gasteiger partial charge in [0.15, 0.2) is 0 Å². The summed E-state index contributed by atoms with van der Waals surface area (Å²) in [5.74, 6) is -0.923. The summed E-state index contributed by atoms with van der Waals surface area (Å²) in [6.07, 6.45) is 0.667. The van der Waals surface area contributed by atoms with E-state index in [1.54, 1.807) is 16.2 Å². The van der Waals surface area contributed by atoms with E-state index in [2.05, 4.69) is 4.98 Å². The number of hydrogen-bond donors (Lipinski definition) is 1. The van der Waals surface area contributed by atoms with Crippen LogP contribution >= 0.6 is 11.3 Å². The molecule has 0 spiro atoms. The molecule has 1 N–H and O–H groups in total. The fraction of sp³-hybridized carbons (Fsp3) is 0.615. The largest absolute Gasteiger partial charge is 0.481 e. The van der Waals surface area contributed by atoms with Crippen molar-refractivity contribution in [1.29, 1.82) is 0 Å². The summed E-state index contributed by atoms with van der Waals surface area (Å²) < 4.78 is 5.35. The molecule has 1 unspecified atom stereocenters. The van der Waals surface area contributed by atoms with E-state index in [1.807, 2.05) is 12.3 Å². The van der Waals surface area contributed by atoms with Crippen molar-refractivity contribution < 1.29 is 19.4 Å². The van der Waals surface area contributed by atoms with Gasteiger partial charge < -0.3 is 14.7 Å². The molecule has 0 saturated carbocycles. The molecule has 2 heterocycles. The summed E-state index contributed by atoms with van der Waals surface area (Å²) in [4.78, 5) is 28.9. The molecule has 110 valence electrons. The number of carbonyl (C=O) groups excluding carboxylic acids is 1. The predicted octanol–water partition coefficient (Wildman–Crippen LogP) is 0.950. The molecule has 7 heteroatoms. The summed E-state index contributed by atoms with van der Waals surface area (Å²) in [5, 5.41) is 11.7. The minimum absolute atomic E-state index is 0.0170. The second kappa shape index (κ2) is 6.81. The third-order valence-electron chi connectivity index (χ3n) is 3.13. The molecular weight excluding hydrogens is 280 g/mol. The molecule has 20 heavy (non-hydrogen) atoms. The van der Waals surface area contributed by atoms with E-state index in [4.69, 9.17) is 9.84 Å². The van der Waals surface area contributed by atoms with E-state index in [-0.39, 0.29) is 18.7 Å². The molecule has 1 amide bonds. The van der Waals surface area contributed by atoms with Crippen LogP contribution in [-0.2, 0) is 27.2 Å². The number of amides is 1. The molecule has 1 atom stereocenters. The lowest BCUT2D eigenvalue weighted by Crippen LogP contribution is -2.46. The average molecular weight is 298 g/mol. The summed E-state index contributed by atoms with van der Waals surface area (Å²) in [6, 6.07) is 0. The number of hydrogen-bond acceptors (Lipinski definition) is 5. The highest BCUT2D eigenvalue weighted by Crippen LogP contribution is 2.14. The van der Waals surface area contributed by atoms with Gasteiger partial charge in [-0.25, -0.2) is 4.98 Å². The number of ether oxygens (including phenoxy) is 1. The van der Waals surface area contributed by atoms with Crippen LogP contribution in [0.4, 0.5) is 0 Å².